The Hall–Kier alpha value is -0.570. The molecule has 3 nitrogen and oxygen atoms in total. The van der Waals surface area contributed by atoms with Crippen molar-refractivity contribution in [1.82, 2.24) is 5.32 Å². The van der Waals surface area contributed by atoms with E-state index in [0.29, 0.717) is 6.54 Å². The highest BCUT2D eigenvalue weighted by Gasteiger charge is 2.18. The third kappa shape index (κ3) is 8.72. The maximum absolute atomic E-state index is 11.3. The lowest BCUT2D eigenvalue weighted by Crippen LogP contribution is -2.47. The molecule has 0 rings (SSSR count). The number of amides is 1. The molecule has 0 aliphatic rings. The molecule has 0 fully saturated rings. The van der Waals surface area contributed by atoms with E-state index >= 15 is 0 Å². The van der Waals surface area contributed by atoms with Gasteiger partial charge in [0.15, 0.2) is 6.54 Å². The van der Waals surface area contributed by atoms with Gasteiger partial charge in [-0.25, -0.2) is 0 Å². The number of rotatable bonds is 9. The smallest absolute Gasteiger partial charge is 0.274 e. The first-order chi connectivity index (χ1) is 7.52. The molecule has 0 atom stereocenters. The van der Waals surface area contributed by atoms with Gasteiger partial charge in [-0.2, -0.15) is 0 Å². The van der Waals surface area contributed by atoms with Crippen LogP contribution in [0.5, 0.6) is 0 Å². The molecule has 96 valence electrons. The first-order valence-electron chi connectivity index (χ1n) is 6.54. The maximum atomic E-state index is 11.3. The highest BCUT2D eigenvalue weighted by Crippen LogP contribution is 2.07. The van der Waals surface area contributed by atoms with Crippen LogP contribution < -0.4 is 5.32 Å². The minimum Gasteiger partial charge on any atom is -0.354 e. The molecule has 0 aromatic heterocycles. The molecule has 0 aliphatic carbocycles. The Bertz CT molecular complexity index is 190. The van der Waals surface area contributed by atoms with E-state index in [-0.39, 0.29) is 5.91 Å². The van der Waals surface area contributed by atoms with Crippen LogP contribution in [0, 0.1) is 0 Å². The summed E-state index contributed by atoms with van der Waals surface area (Å²) in [4.78, 5) is 11.3. The Morgan fingerprint density at radius 2 is 1.62 bits per heavy atom. The van der Waals surface area contributed by atoms with Gasteiger partial charge in [-0.3, -0.25) is 4.79 Å². The SMILES string of the molecule is CCCCCCCC[N+](C)(C)CC(=O)NC. The number of hydrogen-bond donors (Lipinski definition) is 1. The van der Waals surface area contributed by atoms with Crippen molar-refractivity contribution in [2.75, 3.05) is 34.2 Å². The highest BCUT2D eigenvalue weighted by atomic mass is 16.2. The van der Waals surface area contributed by atoms with Gasteiger partial charge in [0.1, 0.15) is 0 Å². The molecule has 0 saturated carbocycles. The highest BCUT2D eigenvalue weighted by molar-refractivity contribution is 5.76. The molecule has 0 unspecified atom stereocenters. The average molecular weight is 229 g/mol. The first kappa shape index (κ1) is 15.4. The van der Waals surface area contributed by atoms with Crippen molar-refractivity contribution in [3.05, 3.63) is 0 Å². The van der Waals surface area contributed by atoms with Crippen LogP contribution in [0.4, 0.5) is 0 Å². The van der Waals surface area contributed by atoms with E-state index < -0.39 is 0 Å². The lowest BCUT2D eigenvalue weighted by atomic mass is 10.1. The summed E-state index contributed by atoms with van der Waals surface area (Å²) in [6, 6.07) is 0. The molecule has 0 bridgehead atoms. The third-order valence-electron chi connectivity index (χ3n) is 2.97. The zero-order valence-electron chi connectivity index (χ0n) is 11.5. The molecule has 0 radical (unpaired) electrons. The second-order valence-corrected chi connectivity index (χ2v) is 5.26. The summed E-state index contributed by atoms with van der Waals surface area (Å²) in [6.45, 7) is 3.92. The summed E-state index contributed by atoms with van der Waals surface area (Å²) >= 11 is 0. The molecule has 16 heavy (non-hydrogen) atoms. The number of carbonyl (C=O) groups is 1. The van der Waals surface area contributed by atoms with E-state index in [0.717, 1.165) is 11.0 Å². The van der Waals surface area contributed by atoms with Crippen LogP contribution in [0.3, 0.4) is 0 Å². The number of likely N-dealkylation sites (N-methyl/N-ethyl adjacent to an activating group) is 2. The summed E-state index contributed by atoms with van der Waals surface area (Å²) in [5.41, 5.74) is 0. The monoisotopic (exact) mass is 229 g/mol. The topological polar surface area (TPSA) is 29.1 Å². The molecule has 0 aromatic rings. The Balaban J connectivity index is 3.54. The summed E-state index contributed by atoms with van der Waals surface area (Å²) < 4.78 is 0.799. The minimum atomic E-state index is 0.135. The molecule has 3 heteroatoms. The molecule has 1 N–H and O–H groups in total. The van der Waals surface area contributed by atoms with Crippen LogP contribution >= 0.6 is 0 Å². The summed E-state index contributed by atoms with van der Waals surface area (Å²) in [7, 11) is 5.95. The number of nitrogens with one attached hydrogen (secondary N) is 1. The van der Waals surface area contributed by atoms with Crippen molar-refractivity contribution in [2.45, 2.75) is 45.4 Å². The predicted molar refractivity (Wildman–Crippen MR) is 69.3 cm³/mol. The Morgan fingerprint density at radius 3 is 2.19 bits per heavy atom. The number of quaternary nitrogens is 1. The minimum absolute atomic E-state index is 0.135. The fourth-order valence-electron chi connectivity index (χ4n) is 1.87. The quantitative estimate of drug-likeness (QED) is 0.476. The van der Waals surface area contributed by atoms with Crippen LogP contribution in [0.25, 0.3) is 0 Å². The van der Waals surface area contributed by atoms with E-state index in [1.807, 2.05) is 0 Å². The molecule has 0 spiro atoms. The molecular weight excluding hydrogens is 200 g/mol. The molecule has 0 aromatic carbocycles. The molecule has 0 heterocycles. The lowest BCUT2D eigenvalue weighted by Gasteiger charge is -2.28. The van der Waals surface area contributed by atoms with Crippen molar-refractivity contribution in [3.8, 4) is 0 Å². The lowest BCUT2D eigenvalue weighted by molar-refractivity contribution is -0.882. The second kappa shape index (κ2) is 8.57. The van der Waals surface area contributed by atoms with E-state index in [4.69, 9.17) is 0 Å². The third-order valence-corrected chi connectivity index (χ3v) is 2.97. The van der Waals surface area contributed by atoms with Crippen LogP contribution in [0.1, 0.15) is 45.4 Å². The fraction of sp³-hybridized carbons (Fsp3) is 0.923. The van der Waals surface area contributed by atoms with Gasteiger partial charge >= 0.3 is 0 Å². The number of hydrogen-bond acceptors (Lipinski definition) is 1. The zero-order valence-corrected chi connectivity index (χ0v) is 11.5. The summed E-state index contributed by atoms with van der Waals surface area (Å²) in [5, 5.41) is 2.68. The van der Waals surface area contributed by atoms with E-state index in [1.165, 1.54) is 38.5 Å². The summed E-state index contributed by atoms with van der Waals surface area (Å²) in [6.07, 6.45) is 7.89. The average Bonchev–Trinajstić information content (AvgIpc) is 2.22. The molecule has 0 saturated heterocycles. The van der Waals surface area contributed by atoms with Crippen LogP contribution in [0.2, 0.25) is 0 Å². The summed E-state index contributed by atoms with van der Waals surface area (Å²) in [5.74, 6) is 0.135. The Kier molecular flexibility index (Phi) is 8.26. The van der Waals surface area contributed by atoms with Gasteiger partial charge in [-0.15, -0.1) is 0 Å². The van der Waals surface area contributed by atoms with E-state index in [9.17, 15) is 4.79 Å². The predicted octanol–water partition coefficient (Wildman–Crippen LogP) is 2.17. The number of unbranched alkanes of at least 4 members (excludes halogenated alkanes) is 5. The molecular formula is C13H29N2O+. The van der Waals surface area contributed by atoms with E-state index in [1.54, 1.807) is 7.05 Å². The van der Waals surface area contributed by atoms with Crippen molar-refractivity contribution >= 4 is 5.91 Å². The standard InChI is InChI=1S/C13H28N2O/c1-5-6-7-8-9-10-11-15(3,4)12-13(16)14-2/h5-12H2,1-4H3/p+1. The number of carbonyl (C=O) groups excluding carboxylic acids is 1. The van der Waals surface area contributed by atoms with Crippen molar-refractivity contribution < 1.29 is 9.28 Å². The van der Waals surface area contributed by atoms with Crippen LogP contribution in [-0.2, 0) is 4.79 Å². The van der Waals surface area contributed by atoms with Gasteiger partial charge in [0.05, 0.1) is 20.6 Å². The van der Waals surface area contributed by atoms with Crippen molar-refractivity contribution in [3.63, 3.8) is 0 Å². The van der Waals surface area contributed by atoms with Gasteiger partial charge in [-0.1, -0.05) is 32.6 Å². The van der Waals surface area contributed by atoms with Crippen molar-refractivity contribution in [1.29, 1.82) is 0 Å². The van der Waals surface area contributed by atoms with E-state index in [2.05, 4.69) is 26.3 Å². The van der Waals surface area contributed by atoms with Gasteiger partial charge in [0.25, 0.3) is 5.91 Å². The molecule has 1 amide bonds. The zero-order chi connectivity index (χ0) is 12.4. The van der Waals surface area contributed by atoms with Crippen LogP contribution in [0.15, 0.2) is 0 Å². The van der Waals surface area contributed by atoms with Gasteiger partial charge in [-0.05, 0) is 12.8 Å². The Morgan fingerprint density at radius 1 is 1.06 bits per heavy atom. The van der Waals surface area contributed by atoms with Crippen molar-refractivity contribution in [2.24, 2.45) is 0 Å². The fourth-order valence-corrected chi connectivity index (χ4v) is 1.87. The number of nitrogens with zero attached hydrogens (tertiary/aromatic N) is 1. The van der Waals surface area contributed by atoms with Crippen LogP contribution in [-0.4, -0.2) is 44.6 Å². The largest absolute Gasteiger partial charge is 0.354 e. The first-order valence-corrected chi connectivity index (χ1v) is 6.54. The normalized spacial score (nSPS) is 11.5. The molecule has 0 aliphatic heterocycles. The van der Waals surface area contributed by atoms with Gasteiger partial charge < -0.3 is 9.80 Å². The van der Waals surface area contributed by atoms with Gasteiger partial charge in [0, 0.05) is 7.05 Å². The maximum Gasteiger partial charge on any atom is 0.274 e. The van der Waals surface area contributed by atoms with Gasteiger partial charge in [0.2, 0.25) is 0 Å². The second-order valence-electron chi connectivity index (χ2n) is 5.26. The Labute approximate surface area is 101 Å².